The second-order valence-electron chi connectivity index (χ2n) is 5.54. The first-order valence-corrected chi connectivity index (χ1v) is 7.25. The van der Waals surface area contributed by atoms with Crippen LogP contribution in [-0.4, -0.2) is 24.5 Å². The van der Waals surface area contributed by atoms with Gasteiger partial charge in [0.15, 0.2) is 0 Å². The summed E-state index contributed by atoms with van der Waals surface area (Å²) in [6.07, 6.45) is 4.19. The molecule has 2 atom stereocenters. The first kappa shape index (κ1) is 17.0. The van der Waals surface area contributed by atoms with Gasteiger partial charge in [0, 0.05) is 6.04 Å². The Bertz CT molecular complexity index is 430. The Labute approximate surface area is 127 Å². The molecule has 20 heavy (non-hydrogen) atoms. The molecule has 1 aromatic rings. The summed E-state index contributed by atoms with van der Waals surface area (Å²) in [6, 6.07) is 8.54. The van der Waals surface area contributed by atoms with Crippen LogP contribution in [0, 0.1) is 6.92 Å². The zero-order valence-electron chi connectivity index (χ0n) is 12.3. The van der Waals surface area contributed by atoms with E-state index < -0.39 is 0 Å². The largest absolute Gasteiger partial charge is 0.352 e. The molecule has 1 saturated heterocycles. The molecule has 0 radical (unpaired) electrons. The van der Waals surface area contributed by atoms with Gasteiger partial charge in [-0.1, -0.05) is 30.7 Å². The highest BCUT2D eigenvalue weighted by Gasteiger charge is 2.21. The smallest absolute Gasteiger partial charge is 0.237 e. The maximum atomic E-state index is 12.1. The molecule has 4 heteroatoms. The van der Waals surface area contributed by atoms with Crippen molar-refractivity contribution in [2.75, 3.05) is 6.54 Å². The molecule has 1 fully saturated rings. The summed E-state index contributed by atoms with van der Waals surface area (Å²) in [5, 5.41) is 6.41. The van der Waals surface area contributed by atoms with Crippen LogP contribution in [0.5, 0.6) is 0 Å². The molecule has 112 valence electrons. The SMILES string of the molecule is Cc1ccccc1CC(C)NC(=O)[C@@H]1CCCCN1.Cl. The molecule has 0 bridgehead atoms. The van der Waals surface area contributed by atoms with Gasteiger partial charge >= 0.3 is 0 Å². The minimum Gasteiger partial charge on any atom is -0.352 e. The molecule has 0 spiro atoms. The van der Waals surface area contributed by atoms with Gasteiger partial charge in [0.25, 0.3) is 0 Å². The quantitative estimate of drug-likeness (QED) is 0.897. The van der Waals surface area contributed by atoms with Crippen LogP contribution in [0.3, 0.4) is 0 Å². The molecule has 1 heterocycles. The highest BCUT2D eigenvalue weighted by Crippen LogP contribution is 2.11. The van der Waals surface area contributed by atoms with E-state index in [1.54, 1.807) is 0 Å². The number of benzene rings is 1. The number of aryl methyl sites for hydroxylation is 1. The number of rotatable bonds is 4. The number of carbonyl (C=O) groups is 1. The maximum absolute atomic E-state index is 12.1. The molecule has 0 aromatic heterocycles. The van der Waals surface area contributed by atoms with Crippen molar-refractivity contribution < 1.29 is 4.79 Å². The van der Waals surface area contributed by atoms with Gasteiger partial charge in [0.05, 0.1) is 6.04 Å². The topological polar surface area (TPSA) is 41.1 Å². The number of hydrogen-bond acceptors (Lipinski definition) is 2. The Balaban J connectivity index is 0.00000200. The Morgan fingerprint density at radius 1 is 1.40 bits per heavy atom. The van der Waals surface area contributed by atoms with E-state index in [-0.39, 0.29) is 30.4 Å². The summed E-state index contributed by atoms with van der Waals surface area (Å²) in [6.45, 7) is 5.16. The van der Waals surface area contributed by atoms with E-state index >= 15 is 0 Å². The van der Waals surface area contributed by atoms with E-state index in [2.05, 4.69) is 42.7 Å². The average Bonchev–Trinajstić information content (AvgIpc) is 2.42. The second-order valence-corrected chi connectivity index (χ2v) is 5.54. The molecule has 2 N–H and O–H groups in total. The number of hydrogen-bond donors (Lipinski definition) is 2. The summed E-state index contributed by atoms with van der Waals surface area (Å²) < 4.78 is 0. The van der Waals surface area contributed by atoms with Crippen molar-refractivity contribution in [2.45, 2.75) is 51.6 Å². The summed E-state index contributed by atoms with van der Waals surface area (Å²) in [7, 11) is 0. The normalized spacial score (nSPS) is 19.8. The number of piperidine rings is 1. The number of carbonyl (C=O) groups excluding carboxylic acids is 1. The Hall–Kier alpha value is -1.06. The van der Waals surface area contributed by atoms with Crippen LogP contribution < -0.4 is 10.6 Å². The minimum atomic E-state index is 0. The third-order valence-corrected chi connectivity index (χ3v) is 3.80. The van der Waals surface area contributed by atoms with Crippen LogP contribution in [0.15, 0.2) is 24.3 Å². The summed E-state index contributed by atoms with van der Waals surface area (Å²) in [4.78, 5) is 12.1. The van der Waals surface area contributed by atoms with Gasteiger partial charge in [0.1, 0.15) is 0 Å². The van der Waals surface area contributed by atoms with Crippen LogP contribution in [-0.2, 0) is 11.2 Å². The molecule has 0 aliphatic carbocycles. The fourth-order valence-electron chi connectivity index (χ4n) is 2.64. The molecule has 1 amide bonds. The maximum Gasteiger partial charge on any atom is 0.237 e. The third kappa shape index (κ3) is 4.80. The van der Waals surface area contributed by atoms with Gasteiger partial charge < -0.3 is 10.6 Å². The summed E-state index contributed by atoms with van der Waals surface area (Å²) in [5.74, 6) is 0.154. The van der Waals surface area contributed by atoms with E-state index in [1.165, 1.54) is 17.5 Å². The first-order chi connectivity index (χ1) is 9.16. The summed E-state index contributed by atoms with van der Waals surface area (Å²) >= 11 is 0. The van der Waals surface area contributed by atoms with Gasteiger partial charge in [-0.25, -0.2) is 0 Å². The van der Waals surface area contributed by atoms with Crippen molar-refractivity contribution in [3.05, 3.63) is 35.4 Å². The second kappa shape index (κ2) is 8.28. The van der Waals surface area contributed by atoms with Crippen LogP contribution >= 0.6 is 12.4 Å². The van der Waals surface area contributed by atoms with Gasteiger partial charge in [-0.3, -0.25) is 4.79 Å². The molecule has 0 saturated carbocycles. The molecule has 1 aliphatic heterocycles. The lowest BCUT2D eigenvalue weighted by molar-refractivity contribution is -0.124. The zero-order valence-corrected chi connectivity index (χ0v) is 13.1. The standard InChI is InChI=1S/C16H24N2O.ClH/c1-12-7-3-4-8-14(12)11-13(2)18-16(19)15-9-5-6-10-17-15;/h3-4,7-8,13,15,17H,5-6,9-11H2,1-2H3,(H,18,19);1H/t13?,15-;/m0./s1. The zero-order chi connectivity index (χ0) is 13.7. The lowest BCUT2D eigenvalue weighted by Crippen LogP contribution is -2.49. The Morgan fingerprint density at radius 2 is 2.15 bits per heavy atom. The highest BCUT2D eigenvalue weighted by atomic mass is 35.5. The molecule has 1 aromatic carbocycles. The molecular weight excluding hydrogens is 272 g/mol. The fraction of sp³-hybridized carbons (Fsp3) is 0.562. The number of nitrogens with one attached hydrogen (secondary N) is 2. The summed E-state index contributed by atoms with van der Waals surface area (Å²) in [5.41, 5.74) is 2.60. The monoisotopic (exact) mass is 296 g/mol. The van der Waals surface area contributed by atoms with Crippen molar-refractivity contribution >= 4 is 18.3 Å². The highest BCUT2D eigenvalue weighted by molar-refractivity contribution is 5.85. The van der Waals surface area contributed by atoms with Crippen molar-refractivity contribution in [3.63, 3.8) is 0 Å². The van der Waals surface area contributed by atoms with Gasteiger partial charge in [-0.2, -0.15) is 0 Å². The molecule has 2 rings (SSSR count). The van der Waals surface area contributed by atoms with Crippen molar-refractivity contribution in [1.29, 1.82) is 0 Å². The predicted molar refractivity (Wildman–Crippen MR) is 85.4 cm³/mol. The van der Waals surface area contributed by atoms with E-state index in [9.17, 15) is 4.79 Å². The lowest BCUT2D eigenvalue weighted by Gasteiger charge is -2.24. The first-order valence-electron chi connectivity index (χ1n) is 7.25. The van der Waals surface area contributed by atoms with Gasteiger partial charge in [0.2, 0.25) is 5.91 Å². The number of amides is 1. The van der Waals surface area contributed by atoms with Crippen LogP contribution in [0.1, 0.15) is 37.3 Å². The van der Waals surface area contributed by atoms with E-state index in [0.717, 1.165) is 25.8 Å². The molecular formula is C16H25ClN2O. The average molecular weight is 297 g/mol. The van der Waals surface area contributed by atoms with Crippen LogP contribution in [0.25, 0.3) is 0 Å². The minimum absolute atomic E-state index is 0. The Kier molecular flexibility index (Phi) is 7.03. The van der Waals surface area contributed by atoms with Gasteiger partial charge in [-0.15, -0.1) is 12.4 Å². The van der Waals surface area contributed by atoms with Crippen LogP contribution in [0.2, 0.25) is 0 Å². The van der Waals surface area contributed by atoms with Crippen molar-refractivity contribution in [3.8, 4) is 0 Å². The molecule has 1 aliphatic rings. The Morgan fingerprint density at radius 3 is 2.80 bits per heavy atom. The van der Waals surface area contributed by atoms with Gasteiger partial charge in [-0.05, 0) is 50.8 Å². The third-order valence-electron chi connectivity index (χ3n) is 3.80. The van der Waals surface area contributed by atoms with Crippen molar-refractivity contribution in [2.24, 2.45) is 0 Å². The molecule has 3 nitrogen and oxygen atoms in total. The predicted octanol–water partition coefficient (Wildman–Crippen LogP) is 2.61. The molecule has 1 unspecified atom stereocenters. The number of halogens is 1. The van der Waals surface area contributed by atoms with E-state index in [0.29, 0.717) is 0 Å². The van der Waals surface area contributed by atoms with E-state index in [1.807, 2.05) is 6.07 Å². The fourth-order valence-corrected chi connectivity index (χ4v) is 2.64. The lowest BCUT2D eigenvalue weighted by atomic mass is 10.0. The van der Waals surface area contributed by atoms with Crippen LogP contribution in [0.4, 0.5) is 0 Å². The van der Waals surface area contributed by atoms with E-state index in [4.69, 9.17) is 0 Å². The van der Waals surface area contributed by atoms with Crippen molar-refractivity contribution in [1.82, 2.24) is 10.6 Å².